The van der Waals surface area contributed by atoms with Crippen molar-refractivity contribution in [1.29, 1.82) is 0 Å². The van der Waals surface area contributed by atoms with Crippen molar-refractivity contribution in [2.75, 3.05) is 12.4 Å². The highest BCUT2D eigenvalue weighted by Crippen LogP contribution is 2.28. The van der Waals surface area contributed by atoms with Crippen LogP contribution in [0, 0.1) is 0 Å². The summed E-state index contributed by atoms with van der Waals surface area (Å²) in [5.74, 6) is -1.07. The first-order valence-electron chi connectivity index (χ1n) is 7.05. The number of amides is 1. The van der Waals surface area contributed by atoms with Gasteiger partial charge in [-0.1, -0.05) is 17.7 Å². The molecule has 0 saturated heterocycles. The van der Waals surface area contributed by atoms with E-state index in [1.807, 2.05) is 0 Å². The molecule has 0 saturated carbocycles. The lowest BCUT2D eigenvalue weighted by atomic mass is 10.1. The van der Waals surface area contributed by atoms with Crippen molar-refractivity contribution in [3.8, 4) is 11.5 Å². The number of benzene rings is 2. The van der Waals surface area contributed by atoms with Gasteiger partial charge in [0.05, 0.1) is 12.8 Å². The second-order valence-electron chi connectivity index (χ2n) is 4.90. The molecule has 0 aromatic heterocycles. The maximum absolute atomic E-state index is 12.2. The van der Waals surface area contributed by atoms with Crippen molar-refractivity contribution in [2.24, 2.45) is 0 Å². The van der Waals surface area contributed by atoms with E-state index in [0.717, 1.165) is 0 Å². The van der Waals surface area contributed by atoms with Crippen molar-refractivity contribution < 1.29 is 24.2 Å². The number of anilines is 1. The van der Waals surface area contributed by atoms with Gasteiger partial charge in [-0.2, -0.15) is 0 Å². The molecule has 0 spiro atoms. The van der Waals surface area contributed by atoms with E-state index in [1.54, 1.807) is 31.2 Å². The van der Waals surface area contributed by atoms with E-state index in [0.29, 0.717) is 10.8 Å². The molecule has 2 rings (SSSR count). The first kappa shape index (κ1) is 17.6. The zero-order chi connectivity index (χ0) is 17.7. The molecule has 0 aliphatic heterocycles. The summed E-state index contributed by atoms with van der Waals surface area (Å²) in [5, 5.41) is 13.1. The summed E-state index contributed by atoms with van der Waals surface area (Å²) in [7, 11) is 1.20. The topological polar surface area (TPSA) is 84.9 Å². The van der Waals surface area contributed by atoms with Crippen LogP contribution in [0.2, 0.25) is 5.02 Å². The minimum atomic E-state index is -0.827. The number of esters is 1. The summed E-state index contributed by atoms with van der Waals surface area (Å²) in [4.78, 5) is 23.7. The molecule has 2 aromatic rings. The lowest BCUT2D eigenvalue weighted by Gasteiger charge is -2.16. The van der Waals surface area contributed by atoms with Gasteiger partial charge < -0.3 is 19.9 Å². The minimum Gasteiger partial charge on any atom is -0.505 e. The quantitative estimate of drug-likeness (QED) is 0.639. The number of ether oxygens (including phenoxy) is 2. The molecule has 0 fully saturated rings. The number of aromatic hydroxyl groups is 1. The van der Waals surface area contributed by atoms with Gasteiger partial charge in [0.1, 0.15) is 11.3 Å². The van der Waals surface area contributed by atoms with Crippen LogP contribution in [-0.2, 0) is 9.53 Å². The third-order valence-corrected chi connectivity index (χ3v) is 3.45. The van der Waals surface area contributed by atoms with Crippen LogP contribution >= 0.6 is 11.6 Å². The van der Waals surface area contributed by atoms with Gasteiger partial charge in [-0.25, -0.2) is 4.79 Å². The SMILES string of the molecule is COC(=O)c1cccc(NC(=O)C(C)Oc2ccc(Cl)cc2)c1O. The highest BCUT2D eigenvalue weighted by molar-refractivity contribution is 6.30. The number of phenols is 1. The standard InChI is InChI=1S/C17H16ClNO5/c1-10(24-12-8-6-11(18)7-9-12)16(21)19-14-5-3-4-13(15(14)20)17(22)23-2/h3-10,20H,1-2H3,(H,19,21). The number of nitrogens with one attached hydrogen (secondary N) is 1. The lowest BCUT2D eigenvalue weighted by Crippen LogP contribution is -2.30. The third kappa shape index (κ3) is 4.17. The molecule has 1 amide bonds. The number of hydrogen-bond acceptors (Lipinski definition) is 5. The van der Waals surface area contributed by atoms with Gasteiger partial charge in [0.25, 0.3) is 5.91 Å². The normalized spacial score (nSPS) is 11.5. The van der Waals surface area contributed by atoms with Crippen LogP contribution in [0.25, 0.3) is 0 Å². The molecule has 1 atom stereocenters. The van der Waals surface area contributed by atoms with E-state index in [-0.39, 0.29) is 17.0 Å². The van der Waals surface area contributed by atoms with E-state index in [1.165, 1.54) is 25.3 Å². The van der Waals surface area contributed by atoms with Crippen LogP contribution in [0.3, 0.4) is 0 Å². The number of para-hydroxylation sites is 1. The molecule has 24 heavy (non-hydrogen) atoms. The first-order valence-corrected chi connectivity index (χ1v) is 7.43. The second kappa shape index (κ2) is 7.70. The monoisotopic (exact) mass is 349 g/mol. The minimum absolute atomic E-state index is 0.0402. The Labute approximate surface area is 144 Å². The van der Waals surface area contributed by atoms with Gasteiger partial charge in [0, 0.05) is 5.02 Å². The molecule has 7 heteroatoms. The fourth-order valence-corrected chi connectivity index (χ4v) is 2.05. The second-order valence-corrected chi connectivity index (χ2v) is 5.33. The summed E-state index contributed by atoms with van der Waals surface area (Å²) < 4.78 is 10.1. The summed E-state index contributed by atoms with van der Waals surface area (Å²) in [5.41, 5.74) is 0.0519. The molecule has 0 heterocycles. The van der Waals surface area contributed by atoms with Crippen LogP contribution in [0.15, 0.2) is 42.5 Å². The Bertz CT molecular complexity index is 745. The molecule has 0 bridgehead atoms. The summed E-state index contributed by atoms with van der Waals surface area (Å²) in [6.45, 7) is 1.56. The molecule has 2 N–H and O–H groups in total. The molecule has 0 aliphatic carbocycles. The van der Waals surface area contributed by atoms with Crippen molar-refractivity contribution in [3.05, 3.63) is 53.1 Å². The maximum atomic E-state index is 12.2. The average Bonchev–Trinajstić information content (AvgIpc) is 2.58. The highest BCUT2D eigenvalue weighted by atomic mass is 35.5. The number of carbonyl (C=O) groups is 2. The van der Waals surface area contributed by atoms with Gasteiger partial charge in [-0.3, -0.25) is 4.79 Å². The van der Waals surface area contributed by atoms with Crippen LogP contribution < -0.4 is 10.1 Å². The smallest absolute Gasteiger partial charge is 0.341 e. The van der Waals surface area contributed by atoms with Crippen LogP contribution in [0.4, 0.5) is 5.69 Å². The molecule has 0 radical (unpaired) electrons. The molecule has 126 valence electrons. The molecular formula is C17H16ClNO5. The molecule has 1 unspecified atom stereocenters. The molecular weight excluding hydrogens is 334 g/mol. The van der Waals surface area contributed by atoms with Crippen LogP contribution in [0.1, 0.15) is 17.3 Å². The van der Waals surface area contributed by atoms with Crippen molar-refractivity contribution in [3.63, 3.8) is 0 Å². The van der Waals surface area contributed by atoms with E-state index in [9.17, 15) is 14.7 Å². The highest BCUT2D eigenvalue weighted by Gasteiger charge is 2.19. The van der Waals surface area contributed by atoms with Gasteiger partial charge >= 0.3 is 5.97 Å². The summed E-state index contributed by atoms with van der Waals surface area (Å²) in [6, 6.07) is 11.0. The van der Waals surface area contributed by atoms with Crippen LogP contribution in [0.5, 0.6) is 11.5 Å². The third-order valence-electron chi connectivity index (χ3n) is 3.19. The van der Waals surface area contributed by atoms with Gasteiger partial charge in [-0.05, 0) is 43.3 Å². The predicted molar refractivity (Wildman–Crippen MR) is 89.6 cm³/mol. The Balaban J connectivity index is 2.08. The number of methoxy groups -OCH3 is 1. The van der Waals surface area contributed by atoms with Crippen molar-refractivity contribution in [2.45, 2.75) is 13.0 Å². The van der Waals surface area contributed by atoms with Gasteiger partial charge in [-0.15, -0.1) is 0 Å². The number of hydrogen-bond donors (Lipinski definition) is 2. The summed E-state index contributed by atoms with van der Waals surface area (Å²) in [6.07, 6.45) is -0.827. The number of halogens is 1. The Kier molecular flexibility index (Phi) is 5.65. The Morgan fingerprint density at radius 1 is 1.17 bits per heavy atom. The zero-order valence-corrected chi connectivity index (χ0v) is 13.8. The average molecular weight is 350 g/mol. The Hall–Kier alpha value is -2.73. The molecule has 0 aliphatic rings. The van der Waals surface area contributed by atoms with Crippen molar-refractivity contribution in [1.82, 2.24) is 0 Å². The van der Waals surface area contributed by atoms with Crippen LogP contribution in [-0.4, -0.2) is 30.2 Å². The van der Waals surface area contributed by atoms with E-state index < -0.39 is 18.0 Å². The maximum Gasteiger partial charge on any atom is 0.341 e. The lowest BCUT2D eigenvalue weighted by molar-refractivity contribution is -0.122. The molecule has 6 nitrogen and oxygen atoms in total. The zero-order valence-electron chi connectivity index (χ0n) is 13.1. The summed E-state index contributed by atoms with van der Waals surface area (Å²) >= 11 is 5.79. The largest absolute Gasteiger partial charge is 0.505 e. The fraction of sp³-hybridized carbons (Fsp3) is 0.176. The Morgan fingerprint density at radius 2 is 1.83 bits per heavy atom. The van der Waals surface area contributed by atoms with E-state index >= 15 is 0 Å². The van der Waals surface area contributed by atoms with E-state index in [2.05, 4.69) is 10.1 Å². The van der Waals surface area contributed by atoms with E-state index in [4.69, 9.17) is 16.3 Å². The molecule has 2 aromatic carbocycles. The van der Waals surface area contributed by atoms with Gasteiger partial charge in [0.2, 0.25) is 0 Å². The number of rotatable bonds is 5. The first-order chi connectivity index (χ1) is 11.4. The number of carbonyl (C=O) groups excluding carboxylic acids is 2. The van der Waals surface area contributed by atoms with Crippen molar-refractivity contribution >= 4 is 29.2 Å². The number of phenolic OH excluding ortho intramolecular Hbond substituents is 1. The van der Waals surface area contributed by atoms with Gasteiger partial charge in [0.15, 0.2) is 11.9 Å². The fourth-order valence-electron chi connectivity index (χ4n) is 1.92. The Morgan fingerprint density at radius 3 is 2.46 bits per heavy atom. The predicted octanol–water partition coefficient (Wildman–Crippen LogP) is 3.24.